The number of carboxylic acid groups (broad SMARTS) is 1. The maximum Gasteiger partial charge on any atom is 0.336 e. The van der Waals surface area contributed by atoms with E-state index in [2.05, 4.69) is 25.9 Å². The van der Waals surface area contributed by atoms with Gasteiger partial charge in [-0.15, -0.1) is 0 Å². The van der Waals surface area contributed by atoms with Gasteiger partial charge in [-0.2, -0.15) is 0 Å². The standard InChI is InChI=1S/C15H8BrFN2O2/c16-8-1-3-10-11(15(20)21)6-14(19-13(10)5-8)12-4-2-9(17)7-18-12/h1-7H,(H,20,21). The van der Waals surface area contributed by atoms with Gasteiger partial charge in [0.1, 0.15) is 5.82 Å². The molecular formula is C15H8BrFN2O2. The highest BCUT2D eigenvalue weighted by molar-refractivity contribution is 9.10. The lowest BCUT2D eigenvalue weighted by Crippen LogP contribution is -2.01. The molecule has 0 saturated heterocycles. The van der Waals surface area contributed by atoms with E-state index in [1.54, 1.807) is 18.2 Å². The highest BCUT2D eigenvalue weighted by Gasteiger charge is 2.13. The fraction of sp³-hybridized carbons (Fsp3) is 0. The van der Waals surface area contributed by atoms with E-state index in [0.717, 1.165) is 10.7 Å². The topological polar surface area (TPSA) is 63.1 Å². The van der Waals surface area contributed by atoms with Crippen molar-refractivity contribution < 1.29 is 14.3 Å². The van der Waals surface area contributed by atoms with Crippen LogP contribution in [0.15, 0.2) is 47.1 Å². The predicted molar refractivity (Wildman–Crippen MR) is 79.6 cm³/mol. The van der Waals surface area contributed by atoms with Gasteiger partial charge in [0, 0.05) is 9.86 Å². The van der Waals surface area contributed by atoms with Crippen LogP contribution in [0.5, 0.6) is 0 Å². The fourth-order valence-electron chi connectivity index (χ4n) is 2.04. The number of pyridine rings is 2. The van der Waals surface area contributed by atoms with Crippen LogP contribution >= 0.6 is 15.9 Å². The number of rotatable bonds is 2. The third-order valence-corrected chi connectivity index (χ3v) is 3.49. The molecule has 0 amide bonds. The molecule has 0 atom stereocenters. The van der Waals surface area contributed by atoms with Gasteiger partial charge in [-0.3, -0.25) is 4.98 Å². The Bertz CT molecular complexity index is 850. The van der Waals surface area contributed by atoms with E-state index in [0.29, 0.717) is 22.3 Å². The Morgan fingerprint density at radius 3 is 2.62 bits per heavy atom. The van der Waals surface area contributed by atoms with Gasteiger partial charge in [0.2, 0.25) is 0 Å². The van der Waals surface area contributed by atoms with E-state index >= 15 is 0 Å². The molecule has 104 valence electrons. The lowest BCUT2D eigenvalue weighted by atomic mass is 10.1. The van der Waals surface area contributed by atoms with Crippen LogP contribution < -0.4 is 0 Å². The van der Waals surface area contributed by atoms with Gasteiger partial charge in [-0.1, -0.05) is 22.0 Å². The largest absolute Gasteiger partial charge is 0.478 e. The van der Waals surface area contributed by atoms with Crippen LogP contribution in [0.3, 0.4) is 0 Å². The Morgan fingerprint density at radius 2 is 1.95 bits per heavy atom. The number of halogens is 2. The summed E-state index contributed by atoms with van der Waals surface area (Å²) in [6.07, 6.45) is 1.07. The van der Waals surface area contributed by atoms with Crippen molar-refractivity contribution in [2.75, 3.05) is 0 Å². The monoisotopic (exact) mass is 346 g/mol. The third-order valence-electron chi connectivity index (χ3n) is 2.99. The summed E-state index contributed by atoms with van der Waals surface area (Å²) >= 11 is 3.33. The minimum absolute atomic E-state index is 0.133. The fourth-order valence-corrected chi connectivity index (χ4v) is 2.39. The number of aromatic carboxylic acids is 1. The highest BCUT2D eigenvalue weighted by Crippen LogP contribution is 2.26. The van der Waals surface area contributed by atoms with E-state index < -0.39 is 11.8 Å². The van der Waals surface area contributed by atoms with Gasteiger partial charge in [0.15, 0.2) is 0 Å². The number of nitrogens with zero attached hydrogens (tertiary/aromatic N) is 2. The number of hydrogen-bond donors (Lipinski definition) is 1. The van der Waals surface area contributed by atoms with Crippen LogP contribution in [-0.4, -0.2) is 21.0 Å². The van der Waals surface area contributed by atoms with Crippen molar-refractivity contribution >= 4 is 32.8 Å². The Balaban J connectivity index is 2.29. The molecule has 0 aliphatic rings. The Kier molecular flexibility index (Phi) is 3.39. The molecule has 1 N–H and O–H groups in total. The number of fused-ring (bicyclic) bond motifs is 1. The maximum atomic E-state index is 12.9. The van der Waals surface area contributed by atoms with Gasteiger partial charge in [0.25, 0.3) is 0 Å². The van der Waals surface area contributed by atoms with Crippen molar-refractivity contribution in [2.24, 2.45) is 0 Å². The van der Waals surface area contributed by atoms with Crippen molar-refractivity contribution in [2.45, 2.75) is 0 Å². The lowest BCUT2D eigenvalue weighted by Gasteiger charge is -2.07. The zero-order chi connectivity index (χ0) is 15.0. The molecule has 0 aliphatic carbocycles. The van der Waals surface area contributed by atoms with Crippen LogP contribution in [0.2, 0.25) is 0 Å². The molecule has 0 saturated carbocycles. The maximum absolute atomic E-state index is 12.9. The van der Waals surface area contributed by atoms with E-state index in [9.17, 15) is 14.3 Å². The van der Waals surface area contributed by atoms with E-state index in [1.165, 1.54) is 18.2 Å². The Hall–Kier alpha value is -2.34. The van der Waals surface area contributed by atoms with Gasteiger partial charge in [-0.05, 0) is 30.3 Å². The van der Waals surface area contributed by atoms with Gasteiger partial charge in [0.05, 0.1) is 28.7 Å². The minimum atomic E-state index is -1.05. The molecular weight excluding hydrogens is 339 g/mol. The SMILES string of the molecule is O=C(O)c1cc(-c2ccc(F)cn2)nc2cc(Br)ccc12. The summed E-state index contributed by atoms with van der Waals surface area (Å²) in [4.78, 5) is 19.8. The first kappa shape index (κ1) is 13.6. The smallest absolute Gasteiger partial charge is 0.336 e. The summed E-state index contributed by atoms with van der Waals surface area (Å²) < 4.78 is 13.7. The third kappa shape index (κ3) is 2.62. The van der Waals surface area contributed by atoms with Gasteiger partial charge < -0.3 is 5.11 Å². The number of carboxylic acids is 1. The average Bonchev–Trinajstić information content (AvgIpc) is 2.46. The first-order chi connectivity index (χ1) is 10.0. The normalized spacial score (nSPS) is 10.8. The number of benzene rings is 1. The molecule has 6 heteroatoms. The van der Waals surface area contributed by atoms with Crippen LogP contribution in [-0.2, 0) is 0 Å². The molecule has 3 rings (SSSR count). The number of aromatic nitrogens is 2. The highest BCUT2D eigenvalue weighted by atomic mass is 79.9. The molecule has 0 spiro atoms. The van der Waals surface area contributed by atoms with Gasteiger partial charge in [-0.25, -0.2) is 14.2 Å². The minimum Gasteiger partial charge on any atom is -0.478 e. The molecule has 0 fully saturated rings. The van der Waals surface area contributed by atoms with Crippen LogP contribution in [0.4, 0.5) is 4.39 Å². The summed E-state index contributed by atoms with van der Waals surface area (Å²) in [5, 5.41) is 9.89. The van der Waals surface area contributed by atoms with Gasteiger partial charge >= 0.3 is 5.97 Å². The summed E-state index contributed by atoms with van der Waals surface area (Å²) in [6.45, 7) is 0. The molecule has 0 unspecified atom stereocenters. The second-order valence-electron chi connectivity index (χ2n) is 4.38. The van der Waals surface area contributed by atoms with Crippen LogP contribution in [0.1, 0.15) is 10.4 Å². The van der Waals surface area contributed by atoms with Crippen molar-refractivity contribution in [3.8, 4) is 11.4 Å². The van der Waals surface area contributed by atoms with Crippen molar-refractivity contribution in [3.05, 3.63) is 58.4 Å². The molecule has 2 heterocycles. The summed E-state index contributed by atoms with van der Waals surface area (Å²) in [5.74, 6) is -1.51. The molecule has 0 aliphatic heterocycles. The lowest BCUT2D eigenvalue weighted by molar-refractivity contribution is 0.0699. The molecule has 3 aromatic rings. The zero-order valence-electron chi connectivity index (χ0n) is 10.5. The quantitative estimate of drug-likeness (QED) is 0.764. The van der Waals surface area contributed by atoms with Crippen molar-refractivity contribution in [1.29, 1.82) is 0 Å². The average molecular weight is 347 g/mol. The first-order valence-electron chi connectivity index (χ1n) is 6.00. The van der Waals surface area contributed by atoms with E-state index in [1.807, 2.05) is 0 Å². The van der Waals surface area contributed by atoms with E-state index in [4.69, 9.17) is 0 Å². The number of carbonyl (C=O) groups is 1. The predicted octanol–water partition coefficient (Wildman–Crippen LogP) is 3.90. The number of hydrogen-bond acceptors (Lipinski definition) is 3. The first-order valence-corrected chi connectivity index (χ1v) is 6.79. The summed E-state index contributed by atoms with van der Waals surface area (Å²) in [6, 6.07) is 9.35. The van der Waals surface area contributed by atoms with Crippen LogP contribution in [0.25, 0.3) is 22.3 Å². The molecule has 2 aromatic heterocycles. The molecule has 0 radical (unpaired) electrons. The van der Waals surface area contributed by atoms with Crippen LogP contribution in [0, 0.1) is 5.82 Å². The second kappa shape index (κ2) is 5.21. The zero-order valence-corrected chi connectivity index (χ0v) is 12.1. The molecule has 1 aromatic carbocycles. The molecule has 0 bridgehead atoms. The second-order valence-corrected chi connectivity index (χ2v) is 5.30. The summed E-state index contributed by atoms with van der Waals surface area (Å²) in [7, 11) is 0. The summed E-state index contributed by atoms with van der Waals surface area (Å²) in [5.41, 5.74) is 1.47. The molecule has 21 heavy (non-hydrogen) atoms. The van der Waals surface area contributed by atoms with Crippen molar-refractivity contribution in [1.82, 2.24) is 9.97 Å². The van der Waals surface area contributed by atoms with E-state index in [-0.39, 0.29) is 5.56 Å². The molecule has 4 nitrogen and oxygen atoms in total. The van der Waals surface area contributed by atoms with Crippen molar-refractivity contribution in [3.63, 3.8) is 0 Å². The Morgan fingerprint density at radius 1 is 1.14 bits per heavy atom. The Labute approximate surface area is 127 Å².